The Hall–Kier alpha value is -1.63. The Morgan fingerprint density at radius 1 is 1.30 bits per heavy atom. The van der Waals surface area contributed by atoms with Crippen molar-refractivity contribution in [3.8, 4) is 0 Å². The predicted molar refractivity (Wildman–Crippen MR) is 83.0 cm³/mol. The number of carbonyl (C=O) groups is 1. The van der Waals surface area contributed by atoms with Crippen LogP contribution in [-0.4, -0.2) is 50.5 Å². The zero-order valence-electron chi connectivity index (χ0n) is 13.7. The molecular formula is C16H24N4O3. The lowest BCUT2D eigenvalue weighted by Crippen LogP contribution is -2.49. The molecule has 3 aliphatic heterocycles. The van der Waals surface area contributed by atoms with E-state index in [-0.39, 0.29) is 23.1 Å². The Morgan fingerprint density at radius 2 is 2.09 bits per heavy atom. The molecule has 0 saturated carbocycles. The molecular weight excluding hydrogens is 296 g/mol. The zero-order valence-corrected chi connectivity index (χ0v) is 13.7. The maximum absolute atomic E-state index is 12.8. The molecule has 0 radical (unpaired) electrons. The molecule has 0 aromatic carbocycles. The van der Waals surface area contributed by atoms with E-state index in [0.717, 1.165) is 57.6 Å². The first kappa shape index (κ1) is 14.9. The summed E-state index contributed by atoms with van der Waals surface area (Å²) in [6.07, 6.45) is 5.66. The van der Waals surface area contributed by atoms with Gasteiger partial charge in [0.05, 0.1) is 11.5 Å². The summed E-state index contributed by atoms with van der Waals surface area (Å²) >= 11 is 0. The number of carbonyl (C=O) groups excluding carboxylic acids is 1. The van der Waals surface area contributed by atoms with E-state index in [0.29, 0.717) is 13.0 Å². The van der Waals surface area contributed by atoms with Crippen LogP contribution in [0.1, 0.15) is 37.9 Å². The number of amides is 1. The van der Waals surface area contributed by atoms with Crippen LogP contribution in [0, 0.1) is 5.92 Å². The van der Waals surface area contributed by atoms with E-state index in [2.05, 4.69) is 5.10 Å². The Morgan fingerprint density at radius 3 is 2.78 bits per heavy atom. The van der Waals surface area contributed by atoms with Crippen LogP contribution in [-0.2, 0) is 29.5 Å². The van der Waals surface area contributed by atoms with Gasteiger partial charge in [0, 0.05) is 39.7 Å². The number of nitrogens with zero attached hydrogens (tertiary/aromatic N) is 4. The highest BCUT2D eigenvalue weighted by molar-refractivity contribution is 5.79. The second kappa shape index (κ2) is 5.47. The fraction of sp³-hybridized carbons (Fsp3) is 0.812. The van der Waals surface area contributed by atoms with Crippen LogP contribution in [0.4, 0.5) is 0 Å². The van der Waals surface area contributed by atoms with Crippen molar-refractivity contribution >= 4 is 5.91 Å². The lowest BCUT2D eigenvalue weighted by Gasteiger charge is -2.40. The van der Waals surface area contributed by atoms with Gasteiger partial charge < -0.3 is 9.64 Å². The highest BCUT2D eigenvalue weighted by Gasteiger charge is 2.40. The van der Waals surface area contributed by atoms with E-state index >= 15 is 0 Å². The van der Waals surface area contributed by atoms with Gasteiger partial charge in [-0.15, -0.1) is 0 Å². The van der Waals surface area contributed by atoms with E-state index in [1.165, 1.54) is 4.68 Å². The van der Waals surface area contributed by atoms with Crippen molar-refractivity contribution in [2.75, 3.05) is 19.7 Å². The Labute approximate surface area is 135 Å². The van der Waals surface area contributed by atoms with Crippen molar-refractivity contribution in [3.05, 3.63) is 16.3 Å². The van der Waals surface area contributed by atoms with Gasteiger partial charge >= 0.3 is 5.69 Å². The molecule has 23 heavy (non-hydrogen) atoms. The minimum absolute atomic E-state index is 0.0385. The van der Waals surface area contributed by atoms with Crippen LogP contribution < -0.4 is 5.69 Å². The molecule has 0 N–H and O–H groups in total. The third-order valence-electron chi connectivity index (χ3n) is 5.72. The number of fused-ring (bicyclic) bond motifs is 1. The van der Waals surface area contributed by atoms with Crippen LogP contribution >= 0.6 is 0 Å². The molecule has 3 aliphatic rings. The topological polar surface area (TPSA) is 69.4 Å². The van der Waals surface area contributed by atoms with Crippen LogP contribution in [0.2, 0.25) is 0 Å². The summed E-state index contributed by atoms with van der Waals surface area (Å²) in [5, 5.41) is 4.23. The molecule has 1 spiro atoms. The number of aryl methyl sites for hydroxylation is 2. The summed E-state index contributed by atoms with van der Waals surface area (Å²) in [7, 11) is 1.66. The van der Waals surface area contributed by atoms with E-state index in [1.54, 1.807) is 11.6 Å². The predicted octanol–water partition coefficient (Wildman–Crippen LogP) is 0.316. The summed E-state index contributed by atoms with van der Waals surface area (Å²) in [5.74, 6) is 0.903. The number of piperidine rings is 1. The molecule has 1 aromatic rings. The van der Waals surface area contributed by atoms with E-state index in [4.69, 9.17) is 4.74 Å². The Bertz CT molecular complexity index is 661. The Kier molecular flexibility index (Phi) is 3.55. The molecule has 7 heteroatoms. The van der Waals surface area contributed by atoms with Crippen molar-refractivity contribution in [1.29, 1.82) is 0 Å². The highest BCUT2D eigenvalue weighted by Crippen LogP contribution is 2.36. The molecule has 7 nitrogen and oxygen atoms in total. The second-order valence-corrected chi connectivity index (χ2v) is 7.13. The quantitative estimate of drug-likeness (QED) is 0.747. The van der Waals surface area contributed by atoms with Gasteiger partial charge in [0.25, 0.3) is 0 Å². The summed E-state index contributed by atoms with van der Waals surface area (Å²) in [6, 6.07) is 0. The van der Waals surface area contributed by atoms with E-state index in [9.17, 15) is 9.59 Å². The first-order valence-corrected chi connectivity index (χ1v) is 8.63. The number of aromatic nitrogens is 3. The molecule has 1 amide bonds. The average molecular weight is 320 g/mol. The molecule has 2 saturated heterocycles. The van der Waals surface area contributed by atoms with E-state index < -0.39 is 0 Å². The highest BCUT2D eigenvalue weighted by atomic mass is 16.5. The molecule has 4 rings (SSSR count). The summed E-state index contributed by atoms with van der Waals surface area (Å²) < 4.78 is 8.96. The minimum atomic E-state index is -0.116. The normalized spacial score (nSPS) is 26.5. The molecule has 0 bridgehead atoms. The fourth-order valence-corrected chi connectivity index (χ4v) is 4.28. The first-order chi connectivity index (χ1) is 11.1. The third-order valence-corrected chi connectivity index (χ3v) is 5.72. The largest absolute Gasteiger partial charge is 0.375 e. The first-order valence-electron chi connectivity index (χ1n) is 8.63. The number of hydrogen-bond acceptors (Lipinski definition) is 4. The molecule has 0 aliphatic carbocycles. The van der Waals surface area contributed by atoms with Crippen LogP contribution in [0.15, 0.2) is 4.79 Å². The number of ether oxygens (including phenoxy) is 1. The average Bonchev–Trinajstić information content (AvgIpc) is 3.13. The second-order valence-electron chi connectivity index (χ2n) is 7.13. The summed E-state index contributed by atoms with van der Waals surface area (Å²) in [5.41, 5.74) is -0.0778. The van der Waals surface area contributed by atoms with Gasteiger partial charge in [0.2, 0.25) is 5.91 Å². The Balaban J connectivity index is 1.42. The van der Waals surface area contributed by atoms with Gasteiger partial charge in [-0.1, -0.05) is 0 Å². The van der Waals surface area contributed by atoms with E-state index in [1.807, 2.05) is 4.90 Å². The molecule has 1 unspecified atom stereocenters. The minimum Gasteiger partial charge on any atom is -0.375 e. The van der Waals surface area contributed by atoms with Crippen molar-refractivity contribution in [1.82, 2.24) is 19.2 Å². The van der Waals surface area contributed by atoms with Gasteiger partial charge in [-0.2, -0.15) is 5.10 Å². The van der Waals surface area contributed by atoms with Gasteiger partial charge in [0.1, 0.15) is 5.82 Å². The van der Waals surface area contributed by atoms with Gasteiger partial charge in [-0.25, -0.2) is 9.48 Å². The van der Waals surface area contributed by atoms with Gasteiger partial charge in [-0.3, -0.25) is 9.36 Å². The lowest BCUT2D eigenvalue weighted by molar-refractivity contribution is -0.141. The fourth-order valence-electron chi connectivity index (χ4n) is 4.28. The molecule has 4 heterocycles. The van der Waals surface area contributed by atoms with Gasteiger partial charge in [0.15, 0.2) is 0 Å². The lowest BCUT2D eigenvalue weighted by atomic mass is 9.87. The summed E-state index contributed by atoms with van der Waals surface area (Å²) in [4.78, 5) is 26.9. The zero-order chi connectivity index (χ0) is 16.0. The van der Waals surface area contributed by atoms with Crippen LogP contribution in [0.25, 0.3) is 0 Å². The van der Waals surface area contributed by atoms with Crippen LogP contribution in [0.5, 0.6) is 0 Å². The number of hydrogen-bond donors (Lipinski definition) is 0. The number of rotatable bonds is 1. The van der Waals surface area contributed by atoms with Crippen molar-refractivity contribution in [2.24, 2.45) is 13.0 Å². The third kappa shape index (κ3) is 2.51. The monoisotopic (exact) mass is 320 g/mol. The molecule has 1 aromatic heterocycles. The van der Waals surface area contributed by atoms with Crippen LogP contribution in [0.3, 0.4) is 0 Å². The molecule has 2 fully saturated rings. The molecule has 126 valence electrons. The van der Waals surface area contributed by atoms with Crippen molar-refractivity contribution in [2.45, 2.75) is 50.7 Å². The van der Waals surface area contributed by atoms with Crippen molar-refractivity contribution < 1.29 is 9.53 Å². The maximum atomic E-state index is 12.8. The molecule has 1 atom stereocenters. The maximum Gasteiger partial charge on any atom is 0.345 e. The van der Waals surface area contributed by atoms with Crippen molar-refractivity contribution in [3.63, 3.8) is 0 Å². The SMILES string of the molecule is Cn1nc2n(c1=O)CC(C(=O)N1CCC3(CCCO3)CC1)CC2. The smallest absolute Gasteiger partial charge is 0.345 e. The number of likely N-dealkylation sites (tertiary alicyclic amines) is 1. The van der Waals surface area contributed by atoms with Gasteiger partial charge in [-0.05, 0) is 32.1 Å². The summed E-state index contributed by atoms with van der Waals surface area (Å²) in [6.45, 7) is 2.90. The standard InChI is InChI=1S/C16H24N4O3/c1-18-15(22)20-11-12(3-4-13(20)17-18)14(21)19-8-6-16(7-9-19)5-2-10-23-16/h12H,2-11H2,1H3.